The van der Waals surface area contributed by atoms with E-state index in [2.05, 4.69) is 31.8 Å². The molecule has 1 fully saturated rings. The minimum atomic E-state index is -0.372. The van der Waals surface area contributed by atoms with Crippen LogP contribution in [0.15, 0.2) is 35.6 Å². The maximum Gasteiger partial charge on any atom is 0.251 e. The van der Waals surface area contributed by atoms with Crippen molar-refractivity contribution in [3.63, 3.8) is 0 Å². The summed E-state index contributed by atoms with van der Waals surface area (Å²) in [4.78, 5) is 18.7. The van der Waals surface area contributed by atoms with Gasteiger partial charge in [-0.05, 0) is 36.6 Å². The number of benzene rings is 1. The maximum atomic E-state index is 13.6. The van der Waals surface area contributed by atoms with Crippen molar-refractivity contribution in [2.24, 2.45) is 12.0 Å². The van der Waals surface area contributed by atoms with Gasteiger partial charge in [0, 0.05) is 58.0 Å². The van der Waals surface area contributed by atoms with Crippen LogP contribution in [0.4, 0.5) is 4.39 Å². The lowest BCUT2D eigenvalue weighted by atomic mass is 10.0. The van der Waals surface area contributed by atoms with E-state index in [1.54, 1.807) is 26.1 Å². The molecule has 158 valence electrons. The van der Waals surface area contributed by atoms with E-state index in [4.69, 9.17) is 0 Å². The summed E-state index contributed by atoms with van der Waals surface area (Å²) in [6, 6.07) is 4.50. The first-order valence-corrected chi connectivity index (χ1v) is 9.46. The number of halogens is 2. The Labute approximate surface area is 187 Å². The molecule has 3 rings (SSSR count). The van der Waals surface area contributed by atoms with Gasteiger partial charge in [-0.1, -0.05) is 6.07 Å². The highest BCUT2D eigenvalue weighted by Crippen LogP contribution is 2.26. The molecule has 0 bridgehead atoms. The topological polar surface area (TPSA) is 74.6 Å². The van der Waals surface area contributed by atoms with E-state index >= 15 is 0 Å². The number of aryl methyl sites for hydroxylation is 2. The van der Waals surface area contributed by atoms with Gasteiger partial charge in [0.2, 0.25) is 0 Å². The van der Waals surface area contributed by atoms with Gasteiger partial charge in [0.05, 0.1) is 6.20 Å². The van der Waals surface area contributed by atoms with E-state index in [1.807, 2.05) is 17.9 Å². The van der Waals surface area contributed by atoms with Gasteiger partial charge in [0.15, 0.2) is 5.96 Å². The smallest absolute Gasteiger partial charge is 0.251 e. The van der Waals surface area contributed by atoms with E-state index in [0.717, 1.165) is 25.5 Å². The number of hydrogen-bond acceptors (Lipinski definition) is 3. The number of nitrogens with zero attached hydrogens (tertiary/aromatic N) is 4. The molecule has 1 saturated heterocycles. The van der Waals surface area contributed by atoms with Crippen molar-refractivity contribution in [3.8, 4) is 0 Å². The standard InChI is InChI=1S/C20H27FN6O.HI/c1-14-4-5-15(10-18(14)21)19(28)23-7-8-24-20(22-2)27-9-6-16(13-27)17-11-25-26(3)12-17;/h4-5,10-12,16H,6-9,13H2,1-3H3,(H,22,24)(H,23,28);1H. The Morgan fingerprint density at radius 2 is 2.10 bits per heavy atom. The molecule has 0 radical (unpaired) electrons. The Morgan fingerprint density at radius 3 is 2.76 bits per heavy atom. The first-order valence-electron chi connectivity index (χ1n) is 9.46. The molecule has 2 aromatic rings. The lowest BCUT2D eigenvalue weighted by Gasteiger charge is -2.21. The van der Waals surface area contributed by atoms with Crippen molar-refractivity contribution in [1.29, 1.82) is 0 Å². The van der Waals surface area contributed by atoms with E-state index in [0.29, 0.717) is 30.1 Å². The molecule has 1 aliphatic rings. The minimum Gasteiger partial charge on any atom is -0.354 e. The van der Waals surface area contributed by atoms with E-state index in [1.165, 1.54) is 11.6 Å². The zero-order valence-corrected chi connectivity index (χ0v) is 19.3. The average Bonchev–Trinajstić information content (AvgIpc) is 3.33. The zero-order valence-electron chi connectivity index (χ0n) is 17.0. The van der Waals surface area contributed by atoms with Crippen LogP contribution < -0.4 is 10.6 Å². The van der Waals surface area contributed by atoms with E-state index < -0.39 is 0 Å². The van der Waals surface area contributed by atoms with Gasteiger partial charge in [0.1, 0.15) is 5.82 Å². The fourth-order valence-electron chi connectivity index (χ4n) is 3.39. The molecule has 1 aromatic heterocycles. The summed E-state index contributed by atoms with van der Waals surface area (Å²) in [5, 5.41) is 10.3. The molecule has 1 amide bonds. The second kappa shape index (κ2) is 10.6. The fourth-order valence-corrected chi connectivity index (χ4v) is 3.39. The summed E-state index contributed by atoms with van der Waals surface area (Å²) in [6.45, 7) is 4.45. The molecule has 7 nitrogen and oxygen atoms in total. The van der Waals surface area contributed by atoms with Crippen LogP contribution in [0.5, 0.6) is 0 Å². The van der Waals surface area contributed by atoms with Gasteiger partial charge < -0.3 is 15.5 Å². The SMILES string of the molecule is CN=C(NCCNC(=O)c1ccc(C)c(F)c1)N1CCC(c2cnn(C)c2)C1.I. The normalized spacial score (nSPS) is 16.5. The third-order valence-electron chi connectivity index (χ3n) is 5.02. The summed E-state index contributed by atoms with van der Waals surface area (Å²) in [7, 11) is 3.68. The predicted octanol–water partition coefficient (Wildman–Crippen LogP) is 2.28. The number of guanidine groups is 1. The van der Waals surface area contributed by atoms with Crippen LogP contribution in [-0.4, -0.2) is 59.8 Å². The highest BCUT2D eigenvalue weighted by Gasteiger charge is 2.26. The lowest BCUT2D eigenvalue weighted by molar-refractivity contribution is 0.0954. The molecular weight excluding hydrogens is 486 g/mol. The number of hydrogen-bond donors (Lipinski definition) is 2. The van der Waals surface area contributed by atoms with Crippen LogP contribution in [0.3, 0.4) is 0 Å². The quantitative estimate of drug-likeness (QED) is 0.278. The highest BCUT2D eigenvalue weighted by molar-refractivity contribution is 14.0. The van der Waals surface area contributed by atoms with Gasteiger partial charge in [0.25, 0.3) is 5.91 Å². The minimum absolute atomic E-state index is 0. The Balaban J connectivity index is 0.00000300. The van der Waals surface area contributed by atoms with Crippen molar-refractivity contribution < 1.29 is 9.18 Å². The number of aliphatic imine (C=N–C) groups is 1. The van der Waals surface area contributed by atoms with Crippen LogP contribution in [0.1, 0.15) is 33.8 Å². The third kappa shape index (κ3) is 5.91. The number of nitrogens with one attached hydrogen (secondary N) is 2. The molecule has 29 heavy (non-hydrogen) atoms. The highest BCUT2D eigenvalue weighted by atomic mass is 127. The van der Waals surface area contributed by atoms with Gasteiger partial charge in [-0.25, -0.2) is 4.39 Å². The molecule has 1 aliphatic heterocycles. The Hall–Kier alpha value is -2.17. The van der Waals surface area contributed by atoms with Crippen LogP contribution in [0.2, 0.25) is 0 Å². The van der Waals surface area contributed by atoms with Crippen molar-refractivity contribution in [2.75, 3.05) is 33.2 Å². The van der Waals surface area contributed by atoms with Crippen LogP contribution in [0.25, 0.3) is 0 Å². The number of amides is 1. The Bertz CT molecular complexity index is 868. The molecule has 0 aliphatic carbocycles. The molecule has 9 heteroatoms. The van der Waals surface area contributed by atoms with Gasteiger partial charge >= 0.3 is 0 Å². The summed E-state index contributed by atoms with van der Waals surface area (Å²) >= 11 is 0. The van der Waals surface area contributed by atoms with Crippen LogP contribution in [0, 0.1) is 12.7 Å². The monoisotopic (exact) mass is 514 g/mol. The second-order valence-electron chi connectivity index (χ2n) is 7.07. The summed E-state index contributed by atoms with van der Waals surface area (Å²) in [5.41, 5.74) is 2.10. The Morgan fingerprint density at radius 1 is 1.34 bits per heavy atom. The molecule has 0 spiro atoms. The fraction of sp³-hybridized carbons (Fsp3) is 0.450. The van der Waals surface area contributed by atoms with Crippen molar-refractivity contribution in [1.82, 2.24) is 25.3 Å². The average molecular weight is 514 g/mol. The molecule has 1 unspecified atom stereocenters. The Kier molecular flexibility index (Phi) is 8.42. The largest absolute Gasteiger partial charge is 0.354 e. The van der Waals surface area contributed by atoms with Gasteiger partial charge in [-0.15, -0.1) is 24.0 Å². The van der Waals surface area contributed by atoms with E-state index in [9.17, 15) is 9.18 Å². The van der Waals surface area contributed by atoms with Crippen molar-refractivity contribution >= 4 is 35.8 Å². The molecule has 2 heterocycles. The first-order chi connectivity index (χ1) is 13.5. The van der Waals surface area contributed by atoms with Gasteiger partial charge in [-0.3, -0.25) is 14.5 Å². The zero-order chi connectivity index (χ0) is 20.1. The third-order valence-corrected chi connectivity index (χ3v) is 5.02. The number of carbonyl (C=O) groups excluding carboxylic acids is 1. The molecule has 1 aromatic carbocycles. The van der Waals surface area contributed by atoms with Crippen molar-refractivity contribution in [3.05, 3.63) is 53.1 Å². The molecule has 1 atom stereocenters. The van der Waals surface area contributed by atoms with Crippen LogP contribution >= 0.6 is 24.0 Å². The molecular formula is C20H28FIN6O. The predicted molar refractivity (Wildman–Crippen MR) is 122 cm³/mol. The summed E-state index contributed by atoms with van der Waals surface area (Å²) in [6.07, 6.45) is 5.05. The summed E-state index contributed by atoms with van der Waals surface area (Å²) < 4.78 is 15.4. The molecule has 0 saturated carbocycles. The number of rotatable bonds is 5. The summed E-state index contributed by atoms with van der Waals surface area (Å²) in [5.74, 6) is 0.613. The second-order valence-corrected chi connectivity index (χ2v) is 7.07. The van der Waals surface area contributed by atoms with E-state index in [-0.39, 0.29) is 35.7 Å². The van der Waals surface area contributed by atoms with Crippen molar-refractivity contribution in [2.45, 2.75) is 19.3 Å². The van der Waals surface area contributed by atoms with Gasteiger partial charge in [-0.2, -0.15) is 5.10 Å². The van der Waals surface area contributed by atoms with Crippen LogP contribution in [-0.2, 0) is 7.05 Å². The number of carbonyl (C=O) groups is 1. The number of aromatic nitrogens is 2. The lowest BCUT2D eigenvalue weighted by Crippen LogP contribution is -2.43. The maximum absolute atomic E-state index is 13.6. The number of likely N-dealkylation sites (tertiary alicyclic amines) is 1. The molecule has 2 N–H and O–H groups in total. The first kappa shape index (κ1) is 23.1.